The van der Waals surface area contributed by atoms with Gasteiger partial charge in [-0.15, -0.1) is 0 Å². The number of nitrogens with one attached hydrogen (secondary N) is 1. The molecule has 20 heavy (non-hydrogen) atoms. The molecule has 4 nitrogen and oxygen atoms in total. The van der Waals surface area contributed by atoms with Crippen LogP contribution in [0.4, 0.5) is 21.5 Å². The van der Waals surface area contributed by atoms with Gasteiger partial charge >= 0.3 is 5.97 Å². The molecule has 0 amide bonds. The van der Waals surface area contributed by atoms with E-state index in [0.717, 1.165) is 0 Å². The number of hydrogen-bond donors (Lipinski definition) is 2. The Hall–Kier alpha value is -2.56. The number of nitrogen functional groups attached to an aromatic ring is 1. The van der Waals surface area contributed by atoms with Crippen molar-refractivity contribution in [2.45, 2.75) is 6.92 Å². The van der Waals surface area contributed by atoms with Crippen LogP contribution in [0.1, 0.15) is 17.3 Å². The van der Waals surface area contributed by atoms with Crippen LogP contribution in [0.15, 0.2) is 42.5 Å². The topological polar surface area (TPSA) is 64.3 Å². The molecule has 3 N–H and O–H groups in total. The van der Waals surface area contributed by atoms with Crippen molar-refractivity contribution in [3.05, 3.63) is 53.8 Å². The zero-order valence-corrected chi connectivity index (χ0v) is 11.0. The number of ether oxygens (including phenoxy) is 1. The van der Waals surface area contributed by atoms with Crippen molar-refractivity contribution in [2.24, 2.45) is 0 Å². The fourth-order valence-electron chi connectivity index (χ4n) is 1.74. The Morgan fingerprint density at radius 2 is 2.10 bits per heavy atom. The fraction of sp³-hybridized carbons (Fsp3) is 0.133. The standard InChI is InChI=1S/C15H15FN2O2/c1-2-20-15(19)10-4-3-5-12(8-10)18-14-7-6-11(16)9-13(14)17/h3-9,18H,2,17H2,1H3. The predicted molar refractivity (Wildman–Crippen MR) is 76.5 cm³/mol. The molecule has 0 atom stereocenters. The number of anilines is 3. The lowest BCUT2D eigenvalue weighted by Gasteiger charge is -2.10. The number of benzene rings is 2. The molecule has 0 aliphatic carbocycles. The molecule has 0 aliphatic heterocycles. The summed E-state index contributed by atoms with van der Waals surface area (Å²) in [5, 5.41) is 3.04. The average Bonchev–Trinajstić information content (AvgIpc) is 2.43. The van der Waals surface area contributed by atoms with Gasteiger partial charge in [-0.25, -0.2) is 9.18 Å². The molecular formula is C15H15FN2O2. The molecule has 0 aliphatic rings. The summed E-state index contributed by atoms with van der Waals surface area (Å²) in [4.78, 5) is 11.6. The smallest absolute Gasteiger partial charge is 0.338 e. The van der Waals surface area contributed by atoms with E-state index in [0.29, 0.717) is 29.2 Å². The first-order chi connectivity index (χ1) is 9.60. The lowest BCUT2D eigenvalue weighted by Crippen LogP contribution is -2.05. The third kappa shape index (κ3) is 3.26. The molecule has 0 spiro atoms. The molecule has 2 aromatic carbocycles. The van der Waals surface area contributed by atoms with E-state index in [2.05, 4.69) is 5.32 Å². The van der Waals surface area contributed by atoms with Crippen LogP contribution in [0, 0.1) is 5.82 Å². The third-order valence-electron chi connectivity index (χ3n) is 2.67. The van der Waals surface area contributed by atoms with Crippen LogP contribution in [0.25, 0.3) is 0 Å². The Bertz CT molecular complexity index is 629. The van der Waals surface area contributed by atoms with E-state index < -0.39 is 5.82 Å². The largest absolute Gasteiger partial charge is 0.462 e. The van der Waals surface area contributed by atoms with Gasteiger partial charge in [-0.05, 0) is 43.3 Å². The second kappa shape index (κ2) is 6.06. The minimum absolute atomic E-state index is 0.298. The summed E-state index contributed by atoms with van der Waals surface area (Å²) in [6, 6.07) is 10.9. The maximum absolute atomic E-state index is 13.0. The summed E-state index contributed by atoms with van der Waals surface area (Å²) in [5.41, 5.74) is 7.71. The van der Waals surface area contributed by atoms with Crippen molar-refractivity contribution in [1.29, 1.82) is 0 Å². The minimum atomic E-state index is -0.395. The van der Waals surface area contributed by atoms with Crippen LogP contribution < -0.4 is 11.1 Å². The molecule has 0 bridgehead atoms. The highest BCUT2D eigenvalue weighted by Gasteiger charge is 2.07. The van der Waals surface area contributed by atoms with E-state index in [1.807, 2.05) is 0 Å². The molecule has 2 rings (SSSR count). The Labute approximate surface area is 116 Å². The van der Waals surface area contributed by atoms with E-state index in [1.165, 1.54) is 12.1 Å². The van der Waals surface area contributed by atoms with Crippen LogP contribution >= 0.6 is 0 Å². The molecule has 0 saturated heterocycles. The number of rotatable bonds is 4. The Morgan fingerprint density at radius 1 is 1.30 bits per heavy atom. The van der Waals surface area contributed by atoms with Gasteiger partial charge in [-0.1, -0.05) is 6.07 Å². The summed E-state index contributed by atoms with van der Waals surface area (Å²) in [6.45, 7) is 2.07. The van der Waals surface area contributed by atoms with Gasteiger partial charge in [0.15, 0.2) is 0 Å². The first-order valence-corrected chi connectivity index (χ1v) is 6.19. The molecule has 5 heteroatoms. The molecule has 0 radical (unpaired) electrons. The number of carbonyl (C=O) groups is 1. The van der Waals surface area contributed by atoms with Crippen molar-refractivity contribution >= 4 is 23.0 Å². The molecule has 0 saturated carbocycles. The van der Waals surface area contributed by atoms with Gasteiger partial charge in [0.25, 0.3) is 0 Å². The normalized spacial score (nSPS) is 10.1. The van der Waals surface area contributed by atoms with E-state index >= 15 is 0 Å². The van der Waals surface area contributed by atoms with Crippen molar-refractivity contribution in [2.75, 3.05) is 17.7 Å². The van der Waals surface area contributed by atoms with Crippen LogP contribution in [0.5, 0.6) is 0 Å². The second-order valence-electron chi connectivity index (χ2n) is 4.16. The number of nitrogens with two attached hydrogens (primary N) is 1. The zero-order valence-electron chi connectivity index (χ0n) is 11.0. The first-order valence-electron chi connectivity index (χ1n) is 6.19. The van der Waals surface area contributed by atoms with Crippen LogP contribution in [-0.4, -0.2) is 12.6 Å². The summed E-state index contributed by atoms with van der Waals surface area (Å²) in [6.07, 6.45) is 0. The lowest BCUT2D eigenvalue weighted by atomic mass is 10.2. The number of hydrogen-bond acceptors (Lipinski definition) is 4. The molecule has 104 valence electrons. The van der Waals surface area contributed by atoms with E-state index in [4.69, 9.17) is 10.5 Å². The summed E-state index contributed by atoms with van der Waals surface area (Å²) in [7, 11) is 0. The number of halogens is 1. The van der Waals surface area contributed by atoms with Crippen LogP contribution in [0.3, 0.4) is 0 Å². The summed E-state index contributed by atoms with van der Waals surface area (Å²) in [5.74, 6) is -0.781. The minimum Gasteiger partial charge on any atom is -0.462 e. The predicted octanol–water partition coefficient (Wildman–Crippen LogP) is 3.33. The van der Waals surface area contributed by atoms with E-state index in [-0.39, 0.29) is 5.97 Å². The van der Waals surface area contributed by atoms with Gasteiger partial charge in [0.2, 0.25) is 0 Å². The van der Waals surface area contributed by atoms with Crippen molar-refractivity contribution in [1.82, 2.24) is 0 Å². The Kier molecular flexibility index (Phi) is 4.20. The van der Waals surface area contributed by atoms with Crippen molar-refractivity contribution < 1.29 is 13.9 Å². The lowest BCUT2D eigenvalue weighted by molar-refractivity contribution is 0.0526. The summed E-state index contributed by atoms with van der Waals surface area (Å²) >= 11 is 0. The van der Waals surface area contributed by atoms with Gasteiger partial charge in [0.1, 0.15) is 5.82 Å². The van der Waals surface area contributed by atoms with E-state index in [1.54, 1.807) is 37.3 Å². The highest BCUT2D eigenvalue weighted by atomic mass is 19.1. The first kappa shape index (κ1) is 13.9. The highest BCUT2D eigenvalue weighted by Crippen LogP contribution is 2.24. The van der Waals surface area contributed by atoms with Gasteiger partial charge in [0.05, 0.1) is 23.5 Å². The molecule has 0 unspecified atom stereocenters. The molecule has 0 fully saturated rings. The number of carbonyl (C=O) groups excluding carboxylic acids is 1. The van der Waals surface area contributed by atoms with Gasteiger partial charge in [-0.2, -0.15) is 0 Å². The van der Waals surface area contributed by atoms with E-state index in [9.17, 15) is 9.18 Å². The number of esters is 1. The second-order valence-corrected chi connectivity index (χ2v) is 4.16. The van der Waals surface area contributed by atoms with Gasteiger partial charge in [-0.3, -0.25) is 0 Å². The van der Waals surface area contributed by atoms with Crippen molar-refractivity contribution in [3.63, 3.8) is 0 Å². The van der Waals surface area contributed by atoms with Crippen LogP contribution in [0.2, 0.25) is 0 Å². The quantitative estimate of drug-likeness (QED) is 0.663. The molecular weight excluding hydrogens is 259 g/mol. The Balaban J connectivity index is 2.21. The average molecular weight is 274 g/mol. The fourth-order valence-corrected chi connectivity index (χ4v) is 1.74. The SMILES string of the molecule is CCOC(=O)c1cccc(Nc2ccc(F)cc2N)c1. The summed E-state index contributed by atoms with van der Waals surface area (Å²) < 4.78 is 17.9. The maximum atomic E-state index is 13.0. The van der Waals surface area contributed by atoms with Crippen LogP contribution in [-0.2, 0) is 4.74 Å². The highest BCUT2D eigenvalue weighted by molar-refractivity contribution is 5.91. The molecule has 0 aromatic heterocycles. The zero-order chi connectivity index (χ0) is 14.5. The maximum Gasteiger partial charge on any atom is 0.338 e. The van der Waals surface area contributed by atoms with Gasteiger partial charge < -0.3 is 15.8 Å². The third-order valence-corrected chi connectivity index (χ3v) is 2.67. The molecule has 2 aromatic rings. The monoisotopic (exact) mass is 274 g/mol. The molecule has 0 heterocycles. The Morgan fingerprint density at radius 3 is 2.80 bits per heavy atom. The van der Waals surface area contributed by atoms with Crippen molar-refractivity contribution in [3.8, 4) is 0 Å². The van der Waals surface area contributed by atoms with Gasteiger partial charge in [0, 0.05) is 5.69 Å².